The first kappa shape index (κ1) is 11.8. The van der Waals surface area contributed by atoms with E-state index in [4.69, 9.17) is 0 Å². The Morgan fingerprint density at radius 1 is 1.29 bits per heavy atom. The quantitative estimate of drug-likeness (QED) is 0.536. The highest BCUT2D eigenvalue weighted by Crippen LogP contribution is 2.28. The Morgan fingerprint density at radius 2 is 2.00 bits per heavy atom. The molecule has 2 unspecified atom stereocenters. The van der Waals surface area contributed by atoms with Crippen LogP contribution in [0.5, 0.6) is 0 Å². The monoisotopic (exact) mass is 195 g/mol. The van der Waals surface area contributed by atoms with Gasteiger partial charge in [0, 0.05) is 6.54 Å². The van der Waals surface area contributed by atoms with Gasteiger partial charge in [0.15, 0.2) is 0 Å². The van der Waals surface area contributed by atoms with Gasteiger partial charge in [0.25, 0.3) is 0 Å². The highest BCUT2D eigenvalue weighted by molar-refractivity contribution is 4.94. The van der Waals surface area contributed by atoms with Crippen molar-refractivity contribution in [1.82, 2.24) is 5.32 Å². The predicted octanol–water partition coefficient (Wildman–Crippen LogP) is 3.37. The molecule has 1 nitrogen and oxygen atoms in total. The second-order valence-electron chi connectivity index (χ2n) is 4.96. The molecular formula is C13H25N. The molecule has 0 saturated heterocycles. The number of rotatable bonds is 4. The maximum absolute atomic E-state index is 3.54. The van der Waals surface area contributed by atoms with Gasteiger partial charge in [0.05, 0.1) is 0 Å². The van der Waals surface area contributed by atoms with E-state index in [1.807, 2.05) is 0 Å². The van der Waals surface area contributed by atoms with Gasteiger partial charge in [-0.1, -0.05) is 37.8 Å². The number of allylic oxidation sites excluding steroid dienone is 1. The molecule has 0 aliphatic heterocycles. The first-order valence-electron chi connectivity index (χ1n) is 6.04. The van der Waals surface area contributed by atoms with Crippen LogP contribution in [-0.4, -0.2) is 13.1 Å². The lowest BCUT2D eigenvalue weighted by atomic mass is 9.80. The van der Waals surface area contributed by atoms with E-state index >= 15 is 0 Å². The average molecular weight is 195 g/mol. The Hall–Kier alpha value is -0.300. The maximum Gasteiger partial charge on any atom is 0.0137 e. The Labute approximate surface area is 89.0 Å². The topological polar surface area (TPSA) is 12.0 Å². The van der Waals surface area contributed by atoms with Gasteiger partial charge >= 0.3 is 0 Å². The highest BCUT2D eigenvalue weighted by Gasteiger charge is 2.20. The summed E-state index contributed by atoms with van der Waals surface area (Å²) in [6.45, 7) is 8.98. The molecule has 1 N–H and O–H groups in total. The molecule has 0 bridgehead atoms. The van der Waals surface area contributed by atoms with Crippen molar-refractivity contribution in [3.63, 3.8) is 0 Å². The van der Waals surface area contributed by atoms with E-state index in [-0.39, 0.29) is 0 Å². The molecule has 14 heavy (non-hydrogen) atoms. The molecule has 82 valence electrons. The van der Waals surface area contributed by atoms with Crippen molar-refractivity contribution in [2.45, 2.75) is 46.5 Å². The van der Waals surface area contributed by atoms with Crippen LogP contribution in [0.25, 0.3) is 0 Å². The molecule has 0 spiro atoms. The van der Waals surface area contributed by atoms with Crippen molar-refractivity contribution in [2.24, 2.45) is 11.8 Å². The summed E-state index contributed by atoms with van der Waals surface area (Å²) >= 11 is 0. The Morgan fingerprint density at radius 3 is 2.64 bits per heavy atom. The van der Waals surface area contributed by atoms with Gasteiger partial charge in [-0.25, -0.2) is 0 Å². The van der Waals surface area contributed by atoms with E-state index in [2.05, 4.69) is 32.2 Å². The molecule has 0 amide bonds. The molecule has 0 radical (unpaired) electrons. The van der Waals surface area contributed by atoms with Crippen LogP contribution in [-0.2, 0) is 0 Å². The van der Waals surface area contributed by atoms with Gasteiger partial charge in [-0.05, 0) is 38.6 Å². The fourth-order valence-electron chi connectivity index (χ4n) is 2.24. The van der Waals surface area contributed by atoms with Gasteiger partial charge in [0.1, 0.15) is 0 Å². The fraction of sp³-hybridized carbons (Fsp3) is 0.846. The molecule has 1 fully saturated rings. The molecule has 1 rings (SSSR count). The van der Waals surface area contributed by atoms with Crippen molar-refractivity contribution in [2.75, 3.05) is 13.1 Å². The van der Waals surface area contributed by atoms with Crippen LogP contribution in [0.1, 0.15) is 46.5 Å². The molecule has 1 heteroatoms. The summed E-state index contributed by atoms with van der Waals surface area (Å²) in [5, 5.41) is 3.54. The molecule has 0 aromatic heterocycles. The zero-order valence-corrected chi connectivity index (χ0v) is 9.97. The second kappa shape index (κ2) is 6.23. The van der Waals surface area contributed by atoms with Crippen molar-refractivity contribution in [1.29, 1.82) is 0 Å². The van der Waals surface area contributed by atoms with Crippen LogP contribution in [0.3, 0.4) is 0 Å². The molecule has 1 aliphatic carbocycles. The van der Waals surface area contributed by atoms with Gasteiger partial charge in [-0.15, -0.1) is 0 Å². The molecule has 0 heterocycles. The van der Waals surface area contributed by atoms with Crippen LogP contribution in [0, 0.1) is 11.8 Å². The first-order valence-corrected chi connectivity index (χ1v) is 6.04. The highest BCUT2D eigenvalue weighted by atomic mass is 14.8. The third-order valence-electron chi connectivity index (χ3n) is 3.35. The molecule has 1 saturated carbocycles. The van der Waals surface area contributed by atoms with E-state index in [9.17, 15) is 0 Å². The Bertz CT molecular complexity index is 180. The third-order valence-corrected chi connectivity index (χ3v) is 3.35. The lowest BCUT2D eigenvalue weighted by Crippen LogP contribution is -2.29. The summed E-state index contributed by atoms with van der Waals surface area (Å²) in [7, 11) is 0. The number of hydrogen-bond donors (Lipinski definition) is 1. The molecule has 0 aromatic carbocycles. The average Bonchev–Trinajstić information content (AvgIpc) is 2.15. The van der Waals surface area contributed by atoms with Gasteiger partial charge in [-0.3, -0.25) is 0 Å². The lowest BCUT2D eigenvalue weighted by Gasteiger charge is -2.28. The van der Waals surface area contributed by atoms with Crippen LogP contribution in [0.4, 0.5) is 0 Å². The minimum absolute atomic E-state index is 0.925. The van der Waals surface area contributed by atoms with E-state index < -0.39 is 0 Å². The van der Waals surface area contributed by atoms with Crippen LogP contribution < -0.4 is 5.32 Å². The zero-order chi connectivity index (χ0) is 10.4. The van der Waals surface area contributed by atoms with E-state index in [0.717, 1.165) is 18.4 Å². The van der Waals surface area contributed by atoms with Gasteiger partial charge < -0.3 is 5.32 Å². The van der Waals surface area contributed by atoms with Crippen molar-refractivity contribution in [3.8, 4) is 0 Å². The minimum Gasteiger partial charge on any atom is -0.313 e. The Kier molecular flexibility index (Phi) is 5.24. The van der Waals surface area contributed by atoms with Crippen LogP contribution in [0.2, 0.25) is 0 Å². The van der Waals surface area contributed by atoms with E-state index in [1.54, 1.807) is 0 Å². The Balaban J connectivity index is 2.13. The summed E-state index contributed by atoms with van der Waals surface area (Å²) in [6, 6.07) is 0. The minimum atomic E-state index is 0.925. The summed E-state index contributed by atoms with van der Waals surface area (Å²) in [4.78, 5) is 0. The molecule has 0 aromatic rings. The molecular weight excluding hydrogens is 170 g/mol. The lowest BCUT2D eigenvalue weighted by molar-refractivity contribution is 0.250. The molecule has 1 aliphatic rings. The van der Waals surface area contributed by atoms with E-state index in [1.165, 1.54) is 37.8 Å². The summed E-state index contributed by atoms with van der Waals surface area (Å²) in [5.74, 6) is 1.86. The maximum atomic E-state index is 3.54. The third kappa shape index (κ3) is 4.28. The first-order chi connectivity index (χ1) is 6.70. The summed E-state index contributed by atoms with van der Waals surface area (Å²) in [5.41, 5.74) is 1.41. The predicted molar refractivity (Wildman–Crippen MR) is 63.4 cm³/mol. The summed E-state index contributed by atoms with van der Waals surface area (Å²) < 4.78 is 0. The van der Waals surface area contributed by atoms with Gasteiger partial charge in [0.2, 0.25) is 0 Å². The SMILES string of the molecule is CC(C)=CCNCC1CCCCC1C. The number of nitrogens with one attached hydrogen (secondary N) is 1. The van der Waals surface area contributed by atoms with E-state index in [0.29, 0.717) is 0 Å². The normalized spacial score (nSPS) is 27.4. The van der Waals surface area contributed by atoms with Crippen molar-refractivity contribution in [3.05, 3.63) is 11.6 Å². The smallest absolute Gasteiger partial charge is 0.0137 e. The summed E-state index contributed by atoms with van der Waals surface area (Å²) in [6.07, 6.45) is 8.04. The zero-order valence-electron chi connectivity index (χ0n) is 9.97. The van der Waals surface area contributed by atoms with Crippen LogP contribution in [0.15, 0.2) is 11.6 Å². The number of hydrogen-bond acceptors (Lipinski definition) is 1. The van der Waals surface area contributed by atoms with Gasteiger partial charge in [-0.2, -0.15) is 0 Å². The molecule has 2 atom stereocenters. The van der Waals surface area contributed by atoms with Crippen LogP contribution >= 0.6 is 0 Å². The largest absolute Gasteiger partial charge is 0.313 e. The standard InChI is InChI=1S/C13H25N/c1-11(2)8-9-14-10-13-7-5-4-6-12(13)3/h8,12-14H,4-7,9-10H2,1-3H3. The fourth-order valence-corrected chi connectivity index (χ4v) is 2.24. The van der Waals surface area contributed by atoms with Crippen molar-refractivity contribution < 1.29 is 0 Å². The second-order valence-corrected chi connectivity index (χ2v) is 4.96. The van der Waals surface area contributed by atoms with Crippen molar-refractivity contribution >= 4 is 0 Å².